The van der Waals surface area contributed by atoms with Crippen molar-refractivity contribution in [2.75, 3.05) is 39.8 Å². The molecule has 1 N–H and O–H groups in total. The second-order valence-electron chi connectivity index (χ2n) is 6.63. The molecule has 0 atom stereocenters. The van der Waals surface area contributed by atoms with Crippen LogP contribution in [0.15, 0.2) is 12.1 Å². The molecule has 3 rings (SSSR count). The number of nitrogens with one attached hydrogen (secondary N) is 1. The quantitative estimate of drug-likeness (QED) is 0.717. The Hall–Kier alpha value is -3.43. The van der Waals surface area contributed by atoms with E-state index in [1.165, 1.54) is 21.3 Å². The zero-order chi connectivity index (χ0) is 21.8. The zero-order valence-electron chi connectivity index (χ0n) is 17.8. The molecule has 0 unspecified atom stereocenters. The molecule has 0 radical (unpaired) electrons. The minimum absolute atomic E-state index is 0.250. The average Bonchev–Trinajstić information content (AvgIpc) is 3.09. The van der Waals surface area contributed by atoms with Crippen LogP contribution in [0.25, 0.3) is 0 Å². The minimum Gasteiger partial charge on any atom is -0.493 e. The van der Waals surface area contributed by atoms with Crippen molar-refractivity contribution in [1.82, 2.24) is 14.7 Å². The van der Waals surface area contributed by atoms with Crippen LogP contribution in [-0.2, 0) is 24.8 Å². The number of carbonyl (C=O) groups is 2. The summed E-state index contributed by atoms with van der Waals surface area (Å²) in [5.74, 6) is 0.825. The van der Waals surface area contributed by atoms with E-state index < -0.39 is 5.97 Å². The number of amides is 2. The summed E-state index contributed by atoms with van der Waals surface area (Å²) in [5.41, 5.74) is 2.38. The van der Waals surface area contributed by atoms with Crippen LogP contribution in [0.4, 0.5) is 10.5 Å². The van der Waals surface area contributed by atoms with Crippen LogP contribution >= 0.6 is 0 Å². The number of aromatic nitrogens is 2. The summed E-state index contributed by atoms with van der Waals surface area (Å²) in [6, 6.07) is 3.00. The maximum absolute atomic E-state index is 12.9. The number of hydrogen-bond donors (Lipinski definition) is 1. The number of methoxy groups -OCH3 is 3. The highest BCUT2D eigenvalue weighted by Gasteiger charge is 2.30. The number of ether oxygens (including phenoxy) is 4. The first-order chi connectivity index (χ1) is 14.4. The maximum atomic E-state index is 12.9. The number of benzene rings is 1. The van der Waals surface area contributed by atoms with E-state index in [2.05, 4.69) is 10.4 Å². The number of hydrogen-bond acceptors (Lipinski definition) is 7. The summed E-state index contributed by atoms with van der Waals surface area (Å²) in [6.07, 6.45) is 0.584. The highest BCUT2D eigenvalue weighted by Crippen LogP contribution is 2.40. The van der Waals surface area contributed by atoms with E-state index in [0.717, 1.165) is 5.69 Å². The lowest BCUT2D eigenvalue weighted by Crippen LogP contribution is -2.39. The first-order valence-electron chi connectivity index (χ1n) is 9.51. The van der Waals surface area contributed by atoms with Gasteiger partial charge in [0.1, 0.15) is 0 Å². The molecule has 162 valence electrons. The molecule has 10 heteroatoms. The molecule has 1 aliphatic rings. The Balaban J connectivity index is 1.81. The van der Waals surface area contributed by atoms with Crippen molar-refractivity contribution in [1.29, 1.82) is 0 Å². The molecule has 2 amide bonds. The normalized spacial score (nSPS) is 12.8. The van der Waals surface area contributed by atoms with Crippen molar-refractivity contribution < 1.29 is 28.5 Å². The lowest BCUT2D eigenvalue weighted by Gasteiger charge is -2.28. The minimum atomic E-state index is -0.485. The standard InChI is InChI=1S/C20H26N4O6/c1-6-30-19(25)17-13-11-24(8-7-14(13)23(2)22-17)20(26)21-12-9-15(27-3)18(29-5)16(10-12)28-4/h9-10H,6-8,11H2,1-5H3,(H,21,26). The fourth-order valence-corrected chi connectivity index (χ4v) is 3.48. The van der Waals surface area contributed by atoms with Crippen molar-refractivity contribution in [3.63, 3.8) is 0 Å². The fraction of sp³-hybridized carbons (Fsp3) is 0.450. The molecule has 30 heavy (non-hydrogen) atoms. The highest BCUT2D eigenvalue weighted by molar-refractivity contribution is 5.92. The Morgan fingerprint density at radius 2 is 1.80 bits per heavy atom. The van der Waals surface area contributed by atoms with Gasteiger partial charge in [0.2, 0.25) is 5.75 Å². The number of nitrogens with zero attached hydrogens (tertiary/aromatic N) is 3. The number of anilines is 1. The van der Waals surface area contributed by atoms with Gasteiger partial charge in [-0.15, -0.1) is 0 Å². The van der Waals surface area contributed by atoms with Crippen molar-refractivity contribution >= 4 is 17.7 Å². The first kappa shape index (κ1) is 21.3. The third-order valence-electron chi connectivity index (χ3n) is 4.91. The Morgan fingerprint density at radius 3 is 2.37 bits per heavy atom. The van der Waals surface area contributed by atoms with Gasteiger partial charge in [0.15, 0.2) is 17.2 Å². The number of urea groups is 1. The first-order valence-corrected chi connectivity index (χ1v) is 9.51. The molecule has 1 aliphatic heterocycles. The summed E-state index contributed by atoms with van der Waals surface area (Å²) in [6.45, 7) is 2.75. The van der Waals surface area contributed by atoms with Gasteiger partial charge in [-0.3, -0.25) is 4.68 Å². The Morgan fingerprint density at radius 1 is 1.13 bits per heavy atom. The van der Waals surface area contributed by atoms with E-state index in [4.69, 9.17) is 18.9 Å². The van der Waals surface area contributed by atoms with E-state index in [1.807, 2.05) is 0 Å². The second kappa shape index (κ2) is 8.93. The molecule has 10 nitrogen and oxygen atoms in total. The third kappa shape index (κ3) is 3.98. The van der Waals surface area contributed by atoms with Gasteiger partial charge < -0.3 is 29.2 Å². The van der Waals surface area contributed by atoms with Crippen molar-refractivity contribution in [3.8, 4) is 17.2 Å². The number of aryl methyl sites for hydroxylation is 1. The molecule has 0 spiro atoms. The van der Waals surface area contributed by atoms with Crippen LogP contribution in [0.1, 0.15) is 28.7 Å². The van der Waals surface area contributed by atoms with Crippen LogP contribution in [-0.4, -0.2) is 61.2 Å². The molecule has 0 fully saturated rings. The summed E-state index contributed by atoms with van der Waals surface area (Å²) >= 11 is 0. The van der Waals surface area contributed by atoms with Gasteiger partial charge in [0.25, 0.3) is 0 Å². The Kier molecular flexibility index (Phi) is 6.34. The molecule has 0 aliphatic carbocycles. The van der Waals surface area contributed by atoms with Crippen LogP contribution < -0.4 is 19.5 Å². The molecule has 2 heterocycles. The van der Waals surface area contributed by atoms with Crippen molar-refractivity contribution in [3.05, 3.63) is 29.1 Å². The Bertz CT molecular complexity index is 930. The molecule has 1 aromatic carbocycles. The predicted molar refractivity (Wildman–Crippen MR) is 108 cm³/mol. The monoisotopic (exact) mass is 418 g/mol. The van der Waals surface area contributed by atoms with Gasteiger partial charge in [-0.25, -0.2) is 9.59 Å². The molecule has 2 aromatic rings. The molecular formula is C20H26N4O6. The van der Waals surface area contributed by atoms with E-state index in [0.29, 0.717) is 41.5 Å². The van der Waals surface area contributed by atoms with E-state index >= 15 is 0 Å². The van der Waals surface area contributed by atoms with Gasteiger partial charge in [-0.05, 0) is 6.92 Å². The number of rotatable bonds is 6. The van der Waals surface area contributed by atoms with Crippen LogP contribution in [0.5, 0.6) is 17.2 Å². The largest absolute Gasteiger partial charge is 0.493 e. The predicted octanol–water partition coefficient (Wildman–Crippen LogP) is 2.21. The SMILES string of the molecule is CCOC(=O)c1nn(C)c2c1CN(C(=O)Nc1cc(OC)c(OC)c(OC)c1)CC2. The summed E-state index contributed by atoms with van der Waals surface area (Å²) in [4.78, 5) is 26.8. The smallest absolute Gasteiger partial charge is 0.359 e. The van der Waals surface area contributed by atoms with E-state index in [-0.39, 0.29) is 24.9 Å². The van der Waals surface area contributed by atoms with Gasteiger partial charge in [0, 0.05) is 43.4 Å². The summed E-state index contributed by atoms with van der Waals surface area (Å²) in [7, 11) is 6.31. The van der Waals surface area contributed by atoms with Gasteiger partial charge in [0.05, 0.1) is 40.2 Å². The summed E-state index contributed by atoms with van der Waals surface area (Å²) in [5, 5.41) is 7.14. The Labute approximate surface area is 174 Å². The molecule has 1 aromatic heterocycles. The summed E-state index contributed by atoms with van der Waals surface area (Å²) < 4.78 is 22.7. The van der Waals surface area contributed by atoms with E-state index in [9.17, 15) is 9.59 Å². The number of carbonyl (C=O) groups excluding carboxylic acids is 2. The highest BCUT2D eigenvalue weighted by atomic mass is 16.5. The number of fused-ring (bicyclic) bond motifs is 1. The topological polar surface area (TPSA) is 104 Å². The lowest BCUT2D eigenvalue weighted by molar-refractivity contribution is 0.0516. The molecule has 0 bridgehead atoms. The molecular weight excluding hydrogens is 392 g/mol. The van der Waals surface area contributed by atoms with Crippen LogP contribution in [0.3, 0.4) is 0 Å². The van der Waals surface area contributed by atoms with E-state index in [1.54, 1.807) is 35.7 Å². The molecule has 0 saturated carbocycles. The lowest BCUT2D eigenvalue weighted by atomic mass is 10.1. The van der Waals surface area contributed by atoms with Crippen LogP contribution in [0, 0.1) is 0 Å². The van der Waals surface area contributed by atoms with Crippen molar-refractivity contribution in [2.24, 2.45) is 7.05 Å². The molecule has 0 saturated heterocycles. The van der Waals surface area contributed by atoms with Gasteiger partial charge in [-0.2, -0.15) is 5.10 Å². The van der Waals surface area contributed by atoms with Gasteiger partial charge in [-0.1, -0.05) is 0 Å². The van der Waals surface area contributed by atoms with Gasteiger partial charge >= 0.3 is 12.0 Å². The number of esters is 1. The average molecular weight is 418 g/mol. The van der Waals surface area contributed by atoms with Crippen LogP contribution in [0.2, 0.25) is 0 Å². The third-order valence-corrected chi connectivity index (χ3v) is 4.91. The zero-order valence-corrected chi connectivity index (χ0v) is 17.8. The fourth-order valence-electron chi connectivity index (χ4n) is 3.48. The van der Waals surface area contributed by atoms with Crippen molar-refractivity contribution in [2.45, 2.75) is 19.9 Å². The maximum Gasteiger partial charge on any atom is 0.359 e. The second-order valence-corrected chi connectivity index (χ2v) is 6.63.